The molecule has 3 aromatic rings. The normalized spacial score (nSPS) is 12.7. The number of nitrogens with zero attached hydrogens (tertiary/aromatic N) is 2. The van der Waals surface area contributed by atoms with Gasteiger partial charge in [-0.1, -0.05) is 30.3 Å². The molecule has 0 saturated heterocycles. The van der Waals surface area contributed by atoms with Crippen LogP contribution in [-0.2, 0) is 13.1 Å². The van der Waals surface area contributed by atoms with Gasteiger partial charge in [0, 0.05) is 5.56 Å². The van der Waals surface area contributed by atoms with Crippen LogP contribution in [0.2, 0.25) is 0 Å². The maximum Gasteiger partial charge on any atom is 0.290 e. The lowest BCUT2D eigenvalue weighted by Crippen LogP contribution is -2.31. The van der Waals surface area contributed by atoms with Gasteiger partial charge in [0.05, 0.1) is 12.1 Å². The fraction of sp³-hybridized carbons (Fsp3) is 0.188. The van der Waals surface area contributed by atoms with Gasteiger partial charge < -0.3 is 0 Å². The Bertz CT molecular complexity index is 753. The van der Waals surface area contributed by atoms with Crippen molar-refractivity contribution >= 4 is 11.0 Å². The van der Waals surface area contributed by atoms with Gasteiger partial charge >= 0.3 is 0 Å². The first-order valence-corrected chi connectivity index (χ1v) is 6.49. The van der Waals surface area contributed by atoms with E-state index in [1.165, 1.54) is 28.0 Å². The van der Waals surface area contributed by atoms with Crippen LogP contribution in [0.1, 0.15) is 12.5 Å². The molecule has 0 atom stereocenters. The van der Waals surface area contributed by atoms with Crippen LogP contribution in [-0.4, -0.2) is 4.57 Å². The molecule has 0 spiro atoms. The summed E-state index contributed by atoms with van der Waals surface area (Å²) in [4.78, 5) is 0. The number of hydrogen-bond donors (Lipinski definition) is 0. The van der Waals surface area contributed by atoms with Crippen molar-refractivity contribution in [1.82, 2.24) is 4.57 Å². The minimum Gasteiger partial charge on any atom is -0.223 e. The van der Waals surface area contributed by atoms with E-state index in [2.05, 4.69) is 64.6 Å². The van der Waals surface area contributed by atoms with Gasteiger partial charge in [0.2, 0.25) is 0 Å². The Morgan fingerprint density at radius 1 is 1.06 bits per heavy atom. The molecule has 1 aromatic heterocycles. The third-order valence-corrected chi connectivity index (χ3v) is 3.88. The summed E-state index contributed by atoms with van der Waals surface area (Å²) in [5.41, 5.74) is 5.49. The van der Waals surface area contributed by atoms with Crippen LogP contribution < -0.4 is 4.57 Å². The molecule has 0 radical (unpaired) electrons. The number of aromatic nitrogens is 2. The van der Waals surface area contributed by atoms with Crippen molar-refractivity contribution in [2.45, 2.75) is 20.0 Å². The van der Waals surface area contributed by atoms with Crippen LogP contribution in [0.4, 0.5) is 0 Å². The molecule has 88 valence electrons. The van der Waals surface area contributed by atoms with Crippen molar-refractivity contribution in [3.63, 3.8) is 0 Å². The largest absolute Gasteiger partial charge is 0.290 e. The number of fused-ring (bicyclic) bond motifs is 5. The summed E-state index contributed by atoms with van der Waals surface area (Å²) >= 11 is 0. The van der Waals surface area contributed by atoms with E-state index in [4.69, 9.17) is 0 Å². The molecule has 1 aliphatic heterocycles. The van der Waals surface area contributed by atoms with Gasteiger partial charge in [-0.05, 0) is 25.1 Å². The predicted molar refractivity (Wildman–Crippen MR) is 72.3 cm³/mol. The van der Waals surface area contributed by atoms with Crippen molar-refractivity contribution in [2.75, 3.05) is 0 Å². The van der Waals surface area contributed by atoms with E-state index in [1.807, 2.05) is 0 Å². The number of benzene rings is 2. The molecular weight excluding hydrogens is 220 g/mol. The first-order chi connectivity index (χ1) is 8.90. The highest BCUT2D eigenvalue weighted by atomic mass is 15.2. The van der Waals surface area contributed by atoms with Crippen molar-refractivity contribution in [1.29, 1.82) is 0 Å². The van der Waals surface area contributed by atoms with Gasteiger partial charge in [-0.15, -0.1) is 0 Å². The second-order valence-electron chi connectivity index (χ2n) is 4.80. The highest BCUT2D eigenvalue weighted by Crippen LogP contribution is 2.30. The van der Waals surface area contributed by atoms with Gasteiger partial charge in [0.15, 0.2) is 11.0 Å². The molecular formula is C16H15N2+. The molecule has 0 amide bonds. The van der Waals surface area contributed by atoms with E-state index in [0.717, 1.165) is 13.1 Å². The van der Waals surface area contributed by atoms with Crippen molar-refractivity contribution in [2.24, 2.45) is 0 Å². The molecule has 0 fully saturated rings. The van der Waals surface area contributed by atoms with E-state index in [9.17, 15) is 0 Å². The number of rotatable bonds is 1. The van der Waals surface area contributed by atoms with Crippen LogP contribution in [0.3, 0.4) is 0 Å². The molecule has 2 nitrogen and oxygen atoms in total. The van der Waals surface area contributed by atoms with Crippen LogP contribution in [0.15, 0.2) is 48.5 Å². The maximum atomic E-state index is 2.43. The van der Waals surface area contributed by atoms with Gasteiger partial charge in [-0.3, -0.25) is 0 Å². The molecule has 2 heterocycles. The zero-order valence-electron chi connectivity index (χ0n) is 10.4. The smallest absolute Gasteiger partial charge is 0.223 e. The summed E-state index contributed by atoms with van der Waals surface area (Å²) in [7, 11) is 0. The maximum absolute atomic E-state index is 2.43. The summed E-state index contributed by atoms with van der Waals surface area (Å²) in [5.74, 6) is 1.36. The van der Waals surface area contributed by atoms with Crippen molar-refractivity contribution < 1.29 is 4.57 Å². The molecule has 0 bridgehead atoms. The molecule has 2 heteroatoms. The van der Waals surface area contributed by atoms with E-state index in [0.29, 0.717) is 0 Å². The Labute approximate surface area is 106 Å². The Kier molecular flexibility index (Phi) is 1.90. The molecule has 18 heavy (non-hydrogen) atoms. The summed E-state index contributed by atoms with van der Waals surface area (Å²) in [6, 6.07) is 17.4. The van der Waals surface area contributed by atoms with Crippen molar-refractivity contribution in [3.05, 3.63) is 54.1 Å². The summed E-state index contributed by atoms with van der Waals surface area (Å²) in [6.45, 7) is 4.23. The Morgan fingerprint density at radius 3 is 2.72 bits per heavy atom. The quantitative estimate of drug-likeness (QED) is 0.448. The minimum atomic E-state index is 0.999. The summed E-state index contributed by atoms with van der Waals surface area (Å²) in [5, 5.41) is 0. The minimum absolute atomic E-state index is 0.999. The third-order valence-electron chi connectivity index (χ3n) is 3.88. The molecule has 4 rings (SSSR count). The standard InChI is InChI=1S/C16H15N2/c1-2-17-14-9-5-6-10-15(14)18-11-12-7-3-4-8-13(12)16(17)18/h3-10H,2,11H2,1H3/q+1. The van der Waals surface area contributed by atoms with Crippen molar-refractivity contribution in [3.8, 4) is 11.4 Å². The average Bonchev–Trinajstić information content (AvgIpc) is 2.93. The molecule has 2 aromatic carbocycles. The number of hydrogen-bond acceptors (Lipinski definition) is 0. The van der Waals surface area contributed by atoms with E-state index < -0.39 is 0 Å². The SMILES string of the molecule is CCn1c2[n+](c3ccccc31)Cc1ccccc1-2. The van der Waals surface area contributed by atoms with E-state index in [-0.39, 0.29) is 0 Å². The third kappa shape index (κ3) is 1.10. The Morgan fingerprint density at radius 2 is 1.83 bits per heavy atom. The number of imidazole rings is 1. The van der Waals surface area contributed by atoms with Gasteiger partial charge in [0.25, 0.3) is 5.82 Å². The van der Waals surface area contributed by atoms with Crippen LogP contribution in [0, 0.1) is 0 Å². The molecule has 0 unspecified atom stereocenters. The first kappa shape index (κ1) is 9.89. The van der Waals surface area contributed by atoms with Gasteiger partial charge in [-0.2, -0.15) is 0 Å². The fourth-order valence-electron chi connectivity index (χ4n) is 3.11. The lowest BCUT2D eigenvalue weighted by atomic mass is 10.1. The summed E-state index contributed by atoms with van der Waals surface area (Å²) in [6.07, 6.45) is 0. The molecule has 1 aliphatic rings. The number of para-hydroxylation sites is 2. The second-order valence-corrected chi connectivity index (χ2v) is 4.80. The fourth-order valence-corrected chi connectivity index (χ4v) is 3.11. The highest BCUT2D eigenvalue weighted by molar-refractivity contribution is 5.77. The predicted octanol–water partition coefficient (Wildman–Crippen LogP) is 2.98. The molecule has 0 N–H and O–H groups in total. The van der Waals surface area contributed by atoms with E-state index >= 15 is 0 Å². The Balaban J connectivity index is 2.16. The second kappa shape index (κ2) is 3.45. The zero-order valence-corrected chi connectivity index (χ0v) is 10.4. The zero-order chi connectivity index (χ0) is 12.1. The first-order valence-electron chi connectivity index (χ1n) is 6.49. The van der Waals surface area contributed by atoms with E-state index in [1.54, 1.807) is 0 Å². The lowest BCUT2D eigenvalue weighted by Gasteiger charge is -1.98. The Hall–Kier alpha value is -2.09. The topological polar surface area (TPSA) is 8.81 Å². The molecule has 0 aliphatic carbocycles. The average molecular weight is 235 g/mol. The van der Waals surface area contributed by atoms with Crippen LogP contribution in [0.25, 0.3) is 22.4 Å². The number of aryl methyl sites for hydroxylation is 1. The monoisotopic (exact) mass is 235 g/mol. The van der Waals surface area contributed by atoms with Gasteiger partial charge in [-0.25, -0.2) is 9.13 Å². The van der Waals surface area contributed by atoms with Crippen LogP contribution in [0.5, 0.6) is 0 Å². The molecule has 0 saturated carbocycles. The summed E-state index contributed by atoms with van der Waals surface area (Å²) < 4.78 is 4.85. The van der Waals surface area contributed by atoms with Crippen LogP contribution >= 0.6 is 0 Å². The lowest BCUT2D eigenvalue weighted by molar-refractivity contribution is -0.646. The van der Waals surface area contributed by atoms with Gasteiger partial charge in [0.1, 0.15) is 6.54 Å². The highest BCUT2D eigenvalue weighted by Gasteiger charge is 2.32.